The van der Waals surface area contributed by atoms with Gasteiger partial charge in [0, 0.05) is 25.2 Å². The Morgan fingerprint density at radius 2 is 1.96 bits per heavy atom. The Balaban J connectivity index is 1.97. The van der Waals surface area contributed by atoms with Crippen LogP contribution in [0.2, 0.25) is 5.02 Å². The predicted octanol–water partition coefficient (Wildman–Crippen LogP) is 3.44. The first-order chi connectivity index (χ1) is 13.1. The third-order valence-electron chi connectivity index (χ3n) is 4.11. The van der Waals surface area contributed by atoms with Crippen molar-refractivity contribution in [2.45, 2.75) is 18.7 Å². The van der Waals surface area contributed by atoms with Crippen molar-refractivity contribution in [3.8, 4) is 11.5 Å². The molecule has 0 aliphatic heterocycles. The average molecular weight is 423 g/mol. The minimum absolute atomic E-state index is 0.0444. The van der Waals surface area contributed by atoms with Crippen molar-refractivity contribution in [2.24, 2.45) is 0 Å². The van der Waals surface area contributed by atoms with Crippen LogP contribution in [0.4, 0.5) is 5.69 Å². The zero-order chi connectivity index (χ0) is 20.6. The third-order valence-corrected chi connectivity index (χ3v) is 6.00. The van der Waals surface area contributed by atoms with E-state index in [1.807, 2.05) is 6.92 Å². The second kappa shape index (κ2) is 7.33. The van der Waals surface area contributed by atoms with Crippen molar-refractivity contribution in [1.82, 2.24) is 15.1 Å². The van der Waals surface area contributed by atoms with Gasteiger partial charge in [0.25, 0.3) is 15.9 Å². The molecule has 2 heterocycles. The molecule has 8 nitrogen and oxygen atoms in total. The summed E-state index contributed by atoms with van der Waals surface area (Å²) in [4.78, 5) is 13.6. The molecule has 2 N–H and O–H groups in total. The highest BCUT2D eigenvalue weighted by atomic mass is 35.5. The summed E-state index contributed by atoms with van der Waals surface area (Å²) in [6.07, 6.45) is 1.37. The quantitative estimate of drug-likeness (QED) is 0.654. The predicted molar refractivity (Wildman–Crippen MR) is 106 cm³/mol. The molecule has 0 spiro atoms. The van der Waals surface area contributed by atoms with E-state index in [-0.39, 0.29) is 27.9 Å². The van der Waals surface area contributed by atoms with E-state index in [4.69, 9.17) is 16.0 Å². The molecule has 0 saturated carbocycles. The van der Waals surface area contributed by atoms with Gasteiger partial charge in [-0.15, -0.1) is 0 Å². The number of carbonyl (C=O) groups is 1. The number of halogens is 1. The number of amides is 1. The largest absolute Gasteiger partial charge is 0.458 e. The van der Waals surface area contributed by atoms with Crippen molar-refractivity contribution in [1.29, 1.82) is 0 Å². The number of nitrogens with zero attached hydrogens (tertiary/aromatic N) is 2. The molecular formula is C18H19ClN4O4S. The van der Waals surface area contributed by atoms with Gasteiger partial charge in [-0.3, -0.25) is 14.6 Å². The van der Waals surface area contributed by atoms with E-state index in [1.165, 1.54) is 30.2 Å². The van der Waals surface area contributed by atoms with Crippen LogP contribution < -0.4 is 4.72 Å². The number of aromatic nitrogens is 2. The number of rotatable bonds is 5. The highest BCUT2D eigenvalue weighted by Gasteiger charge is 2.25. The number of benzene rings is 1. The molecule has 0 fully saturated rings. The Kier molecular flexibility index (Phi) is 5.22. The van der Waals surface area contributed by atoms with Gasteiger partial charge in [0.1, 0.15) is 16.3 Å². The van der Waals surface area contributed by atoms with E-state index in [0.29, 0.717) is 16.4 Å². The van der Waals surface area contributed by atoms with Crippen LogP contribution in [0, 0.1) is 13.8 Å². The monoisotopic (exact) mass is 422 g/mol. The molecular weight excluding hydrogens is 404 g/mol. The molecule has 0 saturated heterocycles. The van der Waals surface area contributed by atoms with E-state index >= 15 is 0 Å². The molecule has 148 valence electrons. The number of carbonyl (C=O) groups excluding carboxylic acids is 1. The van der Waals surface area contributed by atoms with Gasteiger partial charge in [-0.25, -0.2) is 8.42 Å². The van der Waals surface area contributed by atoms with Gasteiger partial charge < -0.3 is 9.32 Å². The van der Waals surface area contributed by atoms with Crippen LogP contribution in [0.5, 0.6) is 0 Å². The Labute approximate surface area is 167 Å². The summed E-state index contributed by atoms with van der Waals surface area (Å²) in [5.74, 6) is 0.0932. The lowest BCUT2D eigenvalue weighted by molar-refractivity contribution is 0.0828. The molecule has 3 rings (SSSR count). The normalized spacial score (nSPS) is 11.5. The van der Waals surface area contributed by atoms with Crippen LogP contribution in [-0.4, -0.2) is 43.5 Å². The zero-order valence-corrected chi connectivity index (χ0v) is 17.3. The fraction of sp³-hybridized carbons (Fsp3) is 0.222. The fourth-order valence-corrected chi connectivity index (χ4v) is 4.01. The highest BCUT2D eigenvalue weighted by molar-refractivity contribution is 7.92. The molecule has 0 atom stereocenters. The molecule has 2 aromatic heterocycles. The van der Waals surface area contributed by atoms with E-state index in [0.717, 1.165) is 5.56 Å². The molecule has 1 amide bonds. The van der Waals surface area contributed by atoms with E-state index in [1.54, 1.807) is 26.2 Å². The number of aryl methyl sites for hydroxylation is 2. The van der Waals surface area contributed by atoms with E-state index in [9.17, 15) is 13.2 Å². The van der Waals surface area contributed by atoms with Crippen molar-refractivity contribution in [3.05, 3.63) is 52.4 Å². The van der Waals surface area contributed by atoms with Crippen molar-refractivity contribution >= 4 is 33.2 Å². The van der Waals surface area contributed by atoms with Crippen LogP contribution in [-0.2, 0) is 10.0 Å². The van der Waals surface area contributed by atoms with Gasteiger partial charge in [0.05, 0.1) is 17.4 Å². The van der Waals surface area contributed by atoms with Gasteiger partial charge in [-0.1, -0.05) is 17.7 Å². The number of furan rings is 1. The second-order valence-electron chi connectivity index (χ2n) is 6.46. The van der Waals surface area contributed by atoms with Gasteiger partial charge in [-0.2, -0.15) is 5.10 Å². The lowest BCUT2D eigenvalue weighted by atomic mass is 10.2. The second-order valence-corrected chi connectivity index (χ2v) is 8.52. The summed E-state index contributed by atoms with van der Waals surface area (Å²) in [5, 5.41) is 7.02. The minimum Gasteiger partial charge on any atom is -0.458 e. The summed E-state index contributed by atoms with van der Waals surface area (Å²) in [7, 11) is -0.705. The first kappa shape index (κ1) is 20.0. The lowest BCUT2D eigenvalue weighted by Gasteiger charge is -2.09. The van der Waals surface area contributed by atoms with Crippen molar-refractivity contribution in [3.63, 3.8) is 0 Å². The summed E-state index contributed by atoms with van der Waals surface area (Å²) in [5.41, 5.74) is 1.76. The minimum atomic E-state index is -3.93. The molecule has 0 unspecified atom stereocenters. The number of H-pyrrole nitrogens is 1. The summed E-state index contributed by atoms with van der Waals surface area (Å²) < 4.78 is 33.7. The third kappa shape index (κ3) is 3.76. The number of anilines is 1. The SMILES string of the molecule is Cc1ccc(NS(=O)(=O)c2cc(-c3[nH]ncc3C(=O)N(C)C)oc2C)cc1Cl. The molecule has 0 radical (unpaired) electrons. The Hall–Kier alpha value is -2.78. The van der Waals surface area contributed by atoms with Gasteiger partial charge in [-0.05, 0) is 31.5 Å². The Bertz CT molecular complexity index is 1150. The van der Waals surface area contributed by atoms with Crippen LogP contribution in [0.15, 0.2) is 39.8 Å². The maximum Gasteiger partial charge on any atom is 0.265 e. The maximum absolute atomic E-state index is 12.8. The topological polar surface area (TPSA) is 108 Å². The van der Waals surface area contributed by atoms with Gasteiger partial charge in [0.2, 0.25) is 0 Å². The first-order valence-electron chi connectivity index (χ1n) is 8.25. The molecule has 0 bridgehead atoms. The van der Waals surface area contributed by atoms with Gasteiger partial charge >= 0.3 is 0 Å². The standard InChI is InChI=1S/C18H19ClN4O4S/c1-10-5-6-12(7-14(10)19)22-28(25,26)16-8-15(27-11(16)2)17-13(9-20-21-17)18(24)23(3)4/h5-9,22H,1-4H3,(H,20,21). The van der Waals surface area contributed by atoms with Crippen molar-refractivity contribution < 1.29 is 17.6 Å². The molecule has 1 aromatic carbocycles. The summed E-state index contributed by atoms with van der Waals surface area (Å²) >= 11 is 6.06. The van der Waals surface area contributed by atoms with Crippen LogP contribution in [0.25, 0.3) is 11.5 Å². The maximum atomic E-state index is 12.8. The zero-order valence-electron chi connectivity index (χ0n) is 15.7. The average Bonchev–Trinajstić information content (AvgIpc) is 3.23. The molecule has 3 aromatic rings. The lowest BCUT2D eigenvalue weighted by Crippen LogP contribution is -2.21. The summed E-state index contributed by atoms with van der Waals surface area (Å²) in [6, 6.07) is 6.23. The molecule has 0 aliphatic carbocycles. The number of nitrogens with one attached hydrogen (secondary N) is 2. The smallest absolute Gasteiger partial charge is 0.265 e. The molecule has 0 aliphatic rings. The molecule has 10 heteroatoms. The fourth-order valence-electron chi connectivity index (χ4n) is 2.60. The molecule has 28 heavy (non-hydrogen) atoms. The van der Waals surface area contributed by atoms with Crippen LogP contribution >= 0.6 is 11.6 Å². The Morgan fingerprint density at radius 3 is 2.61 bits per heavy atom. The number of hydrogen-bond donors (Lipinski definition) is 2. The number of sulfonamides is 1. The van der Waals surface area contributed by atoms with Crippen LogP contribution in [0.3, 0.4) is 0 Å². The number of aromatic amines is 1. The van der Waals surface area contributed by atoms with Gasteiger partial charge in [0.15, 0.2) is 5.76 Å². The first-order valence-corrected chi connectivity index (χ1v) is 10.1. The summed E-state index contributed by atoms with van der Waals surface area (Å²) in [6.45, 7) is 3.36. The van der Waals surface area contributed by atoms with Crippen molar-refractivity contribution in [2.75, 3.05) is 18.8 Å². The van der Waals surface area contributed by atoms with E-state index < -0.39 is 10.0 Å². The number of hydrogen-bond acceptors (Lipinski definition) is 5. The van der Waals surface area contributed by atoms with Crippen LogP contribution in [0.1, 0.15) is 21.7 Å². The highest BCUT2D eigenvalue weighted by Crippen LogP contribution is 2.31. The van der Waals surface area contributed by atoms with E-state index in [2.05, 4.69) is 14.9 Å². The Morgan fingerprint density at radius 1 is 1.25 bits per heavy atom.